The maximum atomic E-state index is 13.5. The van der Waals surface area contributed by atoms with Gasteiger partial charge in [0.2, 0.25) is 15.9 Å². The number of hydrogen-bond donors (Lipinski definition) is 1. The molecule has 1 amide bonds. The molecule has 32 heavy (non-hydrogen) atoms. The van der Waals surface area contributed by atoms with Crippen molar-refractivity contribution < 1.29 is 13.2 Å². The Balaban J connectivity index is 1.54. The third kappa shape index (κ3) is 4.47. The Morgan fingerprint density at radius 2 is 1.62 bits per heavy atom. The second-order valence-electron chi connectivity index (χ2n) is 9.10. The third-order valence-electron chi connectivity index (χ3n) is 6.93. The molecule has 0 radical (unpaired) electrons. The molecule has 0 aliphatic carbocycles. The van der Waals surface area contributed by atoms with Crippen molar-refractivity contribution >= 4 is 15.9 Å². The molecule has 2 aromatic carbocycles. The van der Waals surface area contributed by atoms with Crippen LogP contribution >= 0.6 is 0 Å². The summed E-state index contributed by atoms with van der Waals surface area (Å²) in [7, 11) is -3.53. The van der Waals surface area contributed by atoms with E-state index in [1.54, 1.807) is 28.6 Å². The summed E-state index contributed by atoms with van der Waals surface area (Å²) in [5.41, 5.74) is 0.644. The van der Waals surface area contributed by atoms with E-state index in [1.807, 2.05) is 41.3 Å². The average molecular weight is 456 g/mol. The van der Waals surface area contributed by atoms with Crippen molar-refractivity contribution in [1.29, 1.82) is 0 Å². The number of rotatable bonds is 7. The van der Waals surface area contributed by atoms with Crippen LogP contribution in [0.5, 0.6) is 0 Å². The highest BCUT2D eigenvalue weighted by atomic mass is 32.2. The molecule has 172 valence electrons. The predicted octanol–water partition coefficient (Wildman–Crippen LogP) is 3.26. The van der Waals surface area contributed by atoms with Gasteiger partial charge >= 0.3 is 0 Å². The summed E-state index contributed by atoms with van der Waals surface area (Å²) >= 11 is 0. The maximum Gasteiger partial charge on any atom is 0.243 e. The monoisotopic (exact) mass is 455 g/mol. The lowest BCUT2D eigenvalue weighted by molar-refractivity contribution is -0.134. The molecule has 2 atom stereocenters. The second-order valence-corrected chi connectivity index (χ2v) is 11.0. The Morgan fingerprint density at radius 3 is 2.22 bits per heavy atom. The molecular formula is C25H33N3O3S. The molecular weight excluding hydrogens is 422 g/mol. The lowest BCUT2D eigenvalue weighted by Crippen LogP contribution is -2.60. The molecule has 2 saturated heterocycles. The molecule has 0 bridgehead atoms. The zero-order chi connectivity index (χ0) is 22.8. The van der Waals surface area contributed by atoms with Gasteiger partial charge in [-0.15, -0.1) is 0 Å². The van der Waals surface area contributed by atoms with Crippen molar-refractivity contribution in [1.82, 2.24) is 14.5 Å². The number of benzene rings is 2. The quantitative estimate of drug-likeness (QED) is 0.696. The van der Waals surface area contributed by atoms with Crippen LogP contribution in [0.1, 0.15) is 38.7 Å². The first-order valence-electron chi connectivity index (χ1n) is 11.5. The Kier molecular flexibility index (Phi) is 6.70. The van der Waals surface area contributed by atoms with Crippen LogP contribution in [0.3, 0.4) is 0 Å². The number of hydrogen-bond acceptors (Lipinski definition) is 4. The van der Waals surface area contributed by atoms with Crippen LogP contribution < -0.4 is 5.32 Å². The van der Waals surface area contributed by atoms with Crippen LogP contribution in [0.4, 0.5) is 0 Å². The molecule has 1 N–H and O–H groups in total. The van der Waals surface area contributed by atoms with Crippen LogP contribution in [-0.4, -0.2) is 54.9 Å². The van der Waals surface area contributed by atoms with E-state index in [-0.39, 0.29) is 11.9 Å². The van der Waals surface area contributed by atoms with Gasteiger partial charge in [0, 0.05) is 19.6 Å². The largest absolute Gasteiger partial charge is 0.323 e. The lowest BCUT2D eigenvalue weighted by atomic mass is 9.95. The van der Waals surface area contributed by atoms with E-state index < -0.39 is 15.7 Å². The maximum absolute atomic E-state index is 13.5. The van der Waals surface area contributed by atoms with Crippen LogP contribution in [0.2, 0.25) is 0 Å². The van der Waals surface area contributed by atoms with Crippen LogP contribution in [0.15, 0.2) is 65.6 Å². The fourth-order valence-electron chi connectivity index (χ4n) is 4.81. The summed E-state index contributed by atoms with van der Waals surface area (Å²) in [5.74, 6) is 0.521. The van der Waals surface area contributed by atoms with Gasteiger partial charge in [-0.05, 0) is 42.9 Å². The Hall–Kier alpha value is -2.22. The van der Waals surface area contributed by atoms with E-state index >= 15 is 0 Å². The van der Waals surface area contributed by atoms with E-state index in [9.17, 15) is 13.2 Å². The van der Waals surface area contributed by atoms with Gasteiger partial charge in [0.15, 0.2) is 0 Å². The van der Waals surface area contributed by atoms with Gasteiger partial charge in [-0.2, -0.15) is 4.31 Å². The summed E-state index contributed by atoms with van der Waals surface area (Å²) < 4.78 is 27.7. The highest BCUT2D eigenvalue weighted by Crippen LogP contribution is 2.35. The van der Waals surface area contributed by atoms with Crippen molar-refractivity contribution in [2.45, 2.75) is 56.1 Å². The minimum absolute atomic E-state index is 0.133. The van der Waals surface area contributed by atoms with Crippen molar-refractivity contribution in [3.05, 3.63) is 66.2 Å². The smallest absolute Gasteiger partial charge is 0.243 e. The fourth-order valence-corrected chi connectivity index (χ4v) is 6.27. The van der Waals surface area contributed by atoms with Crippen LogP contribution in [-0.2, 0) is 21.2 Å². The zero-order valence-electron chi connectivity index (χ0n) is 18.9. The predicted molar refractivity (Wildman–Crippen MR) is 125 cm³/mol. The highest BCUT2D eigenvalue weighted by molar-refractivity contribution is 7.89. The number of amides is 1. The van der Waals surface area contributed by atoms with Crippen molar-refractivity contribution in [3.63, 3.8) is 0 Å². The highest BCUT2D eigenvalue weighted by Gasteiger charge is 2.52. The minimum atomic E-state index is -3.53. The number of carbonyl (C=O) groups is 1. The topological polar surface area (TPSA) is 69.7 Å². The van der Waals surface area contributed by atoms with E-state index in [0.29, 0.717) is 49.7 Å². The number of sulfonamides is 1. The summed E-state index contributed by atoms with van der Waals surface area (Å²) in [6.07, 6.45) is 2.82. The molecule has 2 aromatic rings. The van der Waals surface area contributed by atoms with Gasteiger partial charge in [-0.3, -0.25) is 10.1 Å². The number of nitrogens with zero attached hydrogens (tertiary/aromatic N) is 2. The van der Waals surface area contributed by atoms with Gasteiger partial charge in [-0.1, -0.05) is 68.8 Å². The first-order chi connectivity index (χ1) is 15.4. The van der Waals surface area contributed by atoms with Crippen LogP contribution in [0.25, 0.3) is 0 Å². The van der Waals surface area contributed by atoms with E-state index in [4.69, 9.17) is 0 Å². The normalized spacial score (nSPS) is 22.4. The summed E-state index contributed by atoms with van der Waals surface area (Å²) in [4.78, 5) is 15.8. The molecule has 2 fully saturated rings. The van der Waals surface area contributed by atoms with Gasteiger partial charge < -0.3 is 4.90 Å². The minimum Gasteiger partial charge on any atom is -0.323 e. The Bertz CT molecular complexity index is 1020. The Morgan fingerprint density at radius 1 is 1.03 bits per heavy atom. The van der Waals surface area contributed by atoms with E-state index in [0.717, 1.165) is 12.0 Å². The third-order valence-corrected chi connectivity index (χ3v) is 8.84. The lowest BCUT2D eigenvalue weighted by Gasteiger charge is -2.45. The summed E-state index contributed by atoms with van der Waals surface area (Å²) in [6.45, 7) is 5.79. The van der Waals surface area contributed by atoms with E-state index in [1.165, 1.54) is 0 Å². The SMILES string of the molecule is CC[C@@H](C)CN1C(=O)[C@H](Cc2ccccc2)NC12CCN(S(=O)(=O)c1ccccc1)CC2. The standard InChI is InChI=1S/C25H33N3O3S/c1-3-20(2)19-28-24(29)23(18-21-10-6-4-7-11-21)26-25(28)14-16-27(17-15-25)32(30,31)22-12-8-5-9-13-22/h4-13,20,23,26H,3,14-19H2,1-2H3/t20-,23+/m1/s1. The molecule has 6 nitrogen and oxygen atoms in total. The first-order valence-corrected chi connectivity index (χ1v) is 13.0. The molecule has 0 unspecified atom stereocenters. The fraction of sp³-hybridized carbons (Fsp3) is 0.480. The number of carbonyl (C=O) groups excluding carboxylic acids is 1. The average Bonchev–Trinajstić information content (AvgIpc) is 3.05. The number of nitrogens with one attached hydrogen (secondary N) is 1. The van der Waals surface area contributed by atoms with Gasteiger partial charge in [0.05, 0.1) is 16.6 Å². The number of piperidine rings is 1. The van der Waals surface area contributed by atoms with Gasteiger partial charge in [0.1, 0.15) is 0 Å². The molecule has 0 aromatic heterocycles. The molecule has 2 heterocycles. The molecule has 1 spiro atoms. The van der Waals surface area contributed by atoms with Crippen LogP contribution in [0, 0.1) is 5.92 Å². The van der Waals surface area contributed by atoms with E-state index in [2.05, 4.69) is 19.2 Å². The van der Waals surface area contributed by atoms with Crippen molar-refractivity contribution in [2.75, 3.05) is 19.6 Å². The first kappa shape index (κ1) is 23.0. The van der Waals surface area contributed by atoms with Crippen molar-refractivity contribution in [2.24, 2.45) is 5.92 Å². The second kappa shape index (κ2) is 9.33. The summed E-state index contributed by atoms with van der Waals surface area (Å²) in [6, 6.07) is 18.4. The zero-order valence-corrected chi connectivity index (χ0v) is 19.7. The van der Waals surface area contributed by atoms with Crippen molar-refractivity contribution in [3.8, 4) is 0 Å². The molecule has 2 aliphatic heterocycles. The van der Waals surface area contributed by atoms with Gasteiger partial charge in [0.25, 0.3) is 0 Å². The van der Waals surface area contributed by atoms with Gasteiger partial charge in [-0.25, -0.2) is 8.42 Å². The molecule has 2 aliphatic rings. The Labute approximate surface area is 191 Å². The molecule has 7 heteroatoms. The molecule has 4 rings (SSSR count). The summed E-state index contributed by atoms with van der Waals surface area (Å²) in [5, 5.41) is 3.65. The molecule has 0 saturated carbocycles.